The Morgan fingerprint density at radius 2 is 2.33 bits per heavy atom. The molecule has 0 amide bonds. The number of nitrogens with zero attached hydrogens (tertiary/aromatic N) is 1. The van der Waals surface area contributed by atoms with Crippen LogP contribution in [0.15, 0.2) is 22.7 Å². The summed E-state index contributed by atoms with van der Waals surface area (Å²) < 4.78 is 13.3. The van der Waals surface area contributed by atoms with E-state index in [9.17, 15) is 4.39 Å². The lowest BCUT2D eigenvalue weighted by Crippen LogP contribution is -1.98. The zero-order valence-corrected chi connectivity index (χ0v) is 7.73. The van der Waals surface area contributed by atoms with Gasteiger partial charge in [-0.05, 0) is 34.1 Å². The Labute approximate surface area is 78.1 Å². The molecule has 12 heavy (non-hydrogen) atoms. The molecule has 0 aliphatic carbocycles. The molecule has 1 aromatic rings. The number of halogens is 2. The molecular weight excluding hydrogens is 223 g/mol. The van der Waals surface area contributed by atoms with Crippen molar-refractivity contribution in [1.29, 1.82) is 5.26 Å². The molecule has 0 atom stereocenters. The first-order chi connectivity index (χ1) is 5.74. The van der Waals surface area contributed by atoms with Crippen LogP contribution in [0.4, 0.5) is 10.1 Å². The van der Waals surface area contributed by atoms with E-state index in [0.29, 0.717) is 10.2 Å². The fraction of sp³-hybridized carbons (Fsp3) is 0.125. The fourth-order valence-corrected chi connectivity index (χ4v) is 0.994. The minimum absolute atomic E-state index is 0.182. The van der Waals surface area contributed by atoms with Gasteiger partial charge in [-0.15, -0.1) is 0 Å². The number of rotatable bonds is 2. The number of benzene rings is 1. The maximum Gasteiger partial charge on any atom is 0.139 e. The van der Waals surface area contributed by atoms with Gasteiger partial charge in [0.2, 0.25) is 0 Å². The lowest BCUT2D eigenvalue weighted by molar-refractivity contribution is 0.621. The molecule has 0 aliphatic heterocycles. The predicted octanol–water partition coefficient (Wildman–Crippen LogP) is 2.52. The first kappa shape index (κ1) is 9.01. The van der Waals surface area contributed by atoms with Crippen LogP contribution in [0.1, 0.15) is 0 Å². The first-order valence-corrected chi connectivity index (χ1v) is 4.09. The molecule has 0 saturated heterocycles. The molecule has 2 nitrogen and oxygen atoms in total. The maximum atomic E-state index is 12.8. The molecular formula is C8H6BrFN2. The number of nitriles is 1. The third kappa shape index (κ3) is 2.21. The van der Waals surface area contributed by atoms with Crippen molar-refractivity contribution in [2.45, 2.75) is 0 Å². The van der Waals surface area contributed by atoms with Gasteiger partial charge in [0, 0.05) is 5.69 Å². The van der Waals surface area contributed by atoms with E-state index in [4.69, 9.17) is 5.26 Å². The molecule has 0 fully saturated rings. The van der Waals surface area contributed by atoms with Crippen LogP contribution in [0.3, 0.4) is 0 Å². The highest BCUT2D eigenvalue weighted by Gasteiger charge is 1.98. The molecule has 0 radical (unpaired) electrons. The standard InChI is InChI=1S/C8H6BrFN2/c9-7-2-1-6(5-8(7)10)12-4-3-11/h1-2,5,12H,4H2. The minimum Gasteiger partial charge on any atom is -0.372 e. The normalized spacial score (nSPS) is 9.08. The number of anilines is 1. The van der Waals surface area contributed by atoms with Crippen LogP contribution in [0.25, 0.3) is 0 Å². The minimum atomic E-state index is -0.335. The van der Waals surface area contributed by atoms with Crippen molar-refractivity contribution in [1.82, 2.24) is 0 Å². The highest BCUT2D eigenvalue weighted by Crippen LogP contribution is 2.18. The van der Waals surface area contributed by atoms with Gasteiger partial charge in [0.1, 0.15) is 12.4 Å². The lowest BCUT2D eigenvalue weighted by Gasteiger charge is -2.01. The topological polar surface area (TPSA) is 35.8 Å². The molecule has 1 aromatic carbocycles. The van der Waals surface area contributed by atoms with Crippen molar-refractivity contribution in [2.75, 3.05) is 11.9 Å². The molecule has 0 spiro atoms. The van der Waals surface area contributed by atoms with Crippen LogP contribution < -0.4 is 5.32 Å². The quantitative estimate of drug-likeness (QED) is 0.791. The van der Waals surface area contributed by atoms with Gasteiger partial charge in [0.05, 0.1) is 10.5 Å². The molecule has 0 aliphatic rings. The maximum absolute atomic E-state index is 12.8. The van der Waals surface area contributed by atoms with Crippen LogP contribution >= 0.6 is 15.9 Å². The third-order valence-electron chi connectivity index (χ3n) is 1.29. The van der Waals surface area contributed by atoms with Gasteiger partial charge < -0.3 is 5.32 Å². The Hall–Kier alpha value is -1.08. The Balaban J connectivity index is 2.77. The largest absolute Gasteiger partial charge is 0.372 e. The second-order valence-corrected chi connectivity index (χ2v) is 2.99. The SMILES string of the molecule is N#CCNc1ccc(Br)c(F)c1. The molecule has 62 valence electrons. The van der Waals surface area contributed by atoms with E-state index in [1.165, 1.54) is 6.07 Å². The van der Waals surface area contributed by atoms with Crippen LogP contribution in [0.2, 0.25) is 0 Å². The van der Waals surface area contributed by atoms with Gasteiger partial charge in [-0.3, -0.25) is 0 Å². The number of nitrogens with one attached hydrogen (secondary N) is 1. The Kier molecular flexibility index (Phi) is 3.06. The van der Waals surface area contributed by atoms with Gasteiger partial charge in [-0.25, -0.2) is 4.39 Å². The average Bonchev–Trinajstić information content (AvgIpc) is 2.07. The zero-order valence-electron chi connectivity index (χ0n) is 6.14. The molecule has 1 N–H and O–H groups in total. The van der Waals surface area contributed by atoms with E-state index < -0.39 is 0 Å². The van der Waals surface area contributed by atoms with Crippen LogP contribution in [0, 0.1) is 17.1 Å². The molecule has 4 heteroatoms. The summed E-state index contributed by atoms with van der Waals surface area (Å²) in [4.78, 5) is 0. The van der Waals surface area contributed by atoms with Gasteiger partial charge in [-0.1, -0.05) is 0 Å². The van der Waals surface area contributed by atoms with E-state index in [1.807, 2.05) is 6.07 Å². The molecule has 0 unspecified atom stereocenters. The predicted molar refractivity (Wildman–Crippen MR) is 48.2 cm³/mol. The van der Waals surface area contributed by atoms with Gasteiger partial charge >= 0.3 is 0 Å². The highest BCUT2D eigenvalue weighted by atomic mass is 79.9. The highest BCUT2D eigenvalue weighted by molar-refractivity contribution is 9.10. The molecule has 0 aromatic heterocycles. The van der Waals surface area contributed by atoms with Gasteiger partial charge in [-0.2, -0.15) is 5.26 Å². The van der Waals surface area contributed by atoms with E-state index in [0.717, 1.165) is 0 Å². The molecule has 0 bridgehead atoms. The summed E-state index contributed by atoms with van der Waals surface area (Å²) >= 11 is 3.03. The summed E-state index contributed by atoms with van der Waals surface area (Å²) in [7, 11) is 0. The fourth-order valence-electron chi connectivity index (χ4n) is 0.748. The van der Waals surface area contributed by atoms with E-state index in [1.54, 1.807) is 12.1 Å². The van der Waals surface area contributed by atoms with Crippen molar-refractivity contribution in [3.05, 3.63) is 28.5 Å². The lowest BCUT2D eigenvalue weighted by atomic mass is 10.3. The van der Waals surface area contributed by atoms with Crippen molar-refractivity contribution in [3.63, 3.8) is 0 Å². The van der Waals surface area contributed by atoms with Crippen LogP contribution in [-0.2, 0) is 0 Å². The van der Waals surface area contributed by atoms with Gasteiger partial charge in [0.25, 0.3) is 0 Å². The van der Waals surface area contributed by atoms with E-state index in [-0.39, 0.29) is 12.4 Å². The summed E-state index contributed by atoms with van der Waals surface area (Å²) in [6, 6.07) is 6.53. The molecule has 0 heterocycles. The summed E-state index contributed by atoms with van der Waals surface area (Å²) in [6.07, 6.45) is 0. The van der Waals surface area contributed by atoms with Crippen molar-refractivity contribution < 1.29 is 4.39 Å². The summed E-state index contributed by atoms with van der Waals surface area (Å²) in [5.41, 5.74) is 0.609. The smallest absolute Gasteiger partial charge is 0.139 e. The summed E-state index contributed by atoms with van der Waals surface area (Å²) in [5, 5.41) is 11.0. The monoisotopic (exact) mass is 228 g/mol. The Morgan fingerprint density at radius 1 is 1.58 bits per heavy atom. The van der Waals surface area contributed by atoms with E-state index >= 15 is 0 Å². The third-order valence-corrected chi connectivity index (χ3v) is 1.93. The molecule has 1 rings (SSSR count). The first-order valence-electron chi connectivity index (χ1n) is 3.30. The summed E-state index contributed by atoms with van der Waals surface area (Å²) in [6.45, 7) is 0.182. The molecule has 0 saturated carbocycles. The van der Waals surface area contributed by atoms with Gasteiger partial charge in [0.15, 0.2) is 0 Å². The van der Waals surface area contributed by atoms with Crippen molar-refractivity contribution in [2.24, 2.45) is 0 Å². The van der Waals surface area contributed by atoms with E-state index in [2.05, 4.69) is 21.2 Å². The average molecular weight is 229 g/mol. The van der Waals surface area contributed by atoms with Crippen molar-refractivity contribution in [3.8, 4) is 6.07 Å². The second-order valence-electron chi connectivity index (χ2n) is 2.14. The Morgan fingerprint density at radius 3 is 2.92 bits per heavy atom. The number of hydrogen-bond donors (Lipinski definition) is 1. The van der Waals surface area contributed by atoms with Crippen LogP contribution in [0.5, 0.6) is 0 Å². The zero-order chi connectivity index (χ0) is 8.97. The summed E-state index contributed by atoms with van der Waals surface area (Å²) in [5.74, 6) is -0.335. The Bertz CT molecular complexity index is 319. The van der Waals surface area contributed by atoms with Crippen LogP contribution in [-0.4, -0.2) is 6.54 Å². The number of hydrogen-bond acceptors (Lipinski definition) is 2. The second kappa shape index (κ2) is 4.07. The van der Waals surface area contributed by atoms with Crippen molar-refractivity contribution >= 4 is 21.6 Å².